The summed E-state index contributed by atoms with van der Waals surface area (Å²) in [7, 11) is 0. The molecular weight excluding hydrogens is 307 g/mol. The molecule has 0 saturated heterocycles. The molecule has 0 heterocycles. The average Bonchev–Trinajstić information content (AvgIpc) is 2.92. The Balaban J connectivity index is 0.000000324. The van der Waals surface area contributed by atoms with E-state index in [2.05, 4.69) is 64.1 Å². The summed E-state index contributed by atoms with van der Waals surface area (Å²) in [5, 5.41) is 0. The van der Waals surface area contributed by atoms with E-state index in [4.69, 9.17) is 0 Å². The van der Waals surface area contributed by atoms with Gasteiger partial charge in [-0.15, -0.1) is 0 Å². The molecule has 0 aliphatic heterocycles. The summed E-state index contributed by atoms with van der Waals surface area (Å²) in [6.07, 6.45) is 4.98. The first-order valence-electron chi connectivity index (χ1n) is 7.11. The van der Waals surface area contributed by atoms with Gasteiger partial charge >= 0.3 is 26.2 Å². The second-order valence-corrected chi connectivity index (χ2v) is 4.97. The SMILES string of the molecule is CCCc1ccc[c-]1C.CCCc1ccc[c-]1C.[Zr+2]. The molecule has 0 amide bonds. The molecule has 102 valence electrons. The minimum Gasteiger partial charge on any atom is -0.213 e. The molecular formula is C18H26Zr. The van der Waals surface area contributed by atoms with Gasteiger partial charge in [0, 0.05) is 0 Å². The van der Waals surface area contributed by atoms with E-state index in [0.29, 0.717) is 0 Å². The minimum atomic E-state index is 0. The fraction of sp³-hybridized carbons (Fsp3) is 0.444. The van der Waals surface area contributed by atoms with Gasteiger partial charge < -0.3 is 0 Å². The van der Waals surface area contributed by atoms with Crippen molar-refractivity contribution in [3.8, 4) is 0 Å². The largest absolute Gasteiger partial charge is 2.00 e. The van der Waals surface area contributed by atoms with Gasteiger partial charge in [0.25, 0.3) is 0 Å². The third-order valence-corrected chi connectivity index (χ3v) is 3.34. The molecule has 0 spiro atoms. The van der Waals surface area contributed by atoms with Crippen LogP contribution in [0.3, 0.4) is 0 Å². The molecule has 2 aromatic carbocycles. The van der Waals surface area contributed by atoms with Crippen molar-refractivity contribution in [3.63, 3.8) is 0 Å². The van der Waals surface area contributed by atoms with Crippen LogP contribution in [-0.4, -0.2) is 0 Å². The standard InChI is InChI=1S/2C9H13.Zr/c2*1-3-5-9-7-4-6-8(9)2;/h2*4,6-7H,3,5H2,1-2H3;/q2*-1;+2. The van der Waals surface area contributed by atoms with E-state index in [0.717, 1.165) is 0 Å². The van der Waals surface area contributed by atoms with Crippen LogP contribution in [0.1, 0.15) is 48.9 Å². The minimum absolute atomic E-state index is 0. The molecule has 0 radical (unpaired) electrons. The summed E-state index contributed by atoms with van der Waals surface area (Å²) in [5.41, 5.74) is 5.91. The molecule has 0 atom stereocenters. The van der Waals surface area contributed by atoms with E-state index in [9.17, 15) is 0 Å². The zero-order valence-corrected chi connectivity index (χ0v) is 15.3. The molecule has 2 aromatic rings. The van der Waals surface area contributed by atoms with Gasteiger partial charge in [-0.25, -0.2) is 24.3 Å². The van der Waals surface area contributed by atoms with Gasteiger partial charge in [0.15, 0.2) is 0 Å². The number of hydrogen-bond donors (Lipinski definition) is 0. The summed E-state index contributed by atoms with van der Waals surface area (Å²) < 4.78 is 0. The molecule has 0 unspecified atom stereocenters. The molecule has 2 rings (SSSR count). The van der Waals surface area contributed by atoms with Crippen molar-refractivity contribution < 1.29 is 26.2 Å². The maximum Gasteiger partial charge on any atom is 2.00 e. The van der Waals surface area contributed by atoms with Crippen LogP contribution in [-0.2, 0) is 39.0 Å². The summed E-state index contributed by atoms with van der Waals surface area (Å²) in [4.78, 5) is 0. The Bertz CT molecular complexity index is 392. The summed E-state index contributed by atoms with van der Waals surface area (Å²) >= 11 is 0. The van der Waals surface area contributed by atoms with Gasteiger partial charge in [-0.2, -0.15) is 34.4 Å². The molecule has 0 N–H and O–H groups in total. The Labute approximate surface area is 138 Å². The summed E-state index contributed by atoms with van der Waals surface area (Å²) in [5.74, 6) is 0. The van der Waals surface area contributed by atoms with Crippen LogP contribution in [0.25, 0.3) is 0 Å². The van der Waals surface area contributed by atoms with Crippen LogP contribution >= 0.6 is 0 Å². The monoisotopic (exact) mass is 332 g/mol. The van der Waals surface area contributed by atoms with E-state index in [-0.39, 0.29) is 26.2 Å². The second-order valence-electron chi connectivity index (χ2n) is 4.97. The van der Waals surface area contributed by atoms with Gasteiger partial charge in [-0.05, 0) is 0 Å². The predicted molar refractivity (Wildman–Crippen MR) is 81.5 cm³/mol. The number of rotatable bonds is 4. The van der Waals surface area contributed by atoms with Gasteiger partial charge in [0.2, 0.25) is 0 Å². The summed E-state index contributed by atoms with van der Waals surface area (Å²) in [6, 6.07) is 13.0. The van der Waals surface area contributed by atoms with Gasteiger partial charge in [-0.1, -0.05) is 53.4 Å². The third-order valence-electron chi connectivity index (χ3n) is 3.34. The normalized spacial score (nSPS) is 9.47. The molecule has 0 bridgehead atoms. The van der Waals surface area contributed by atoms with Crippen molar-refractivity contribution in [2.75, 3.05) is 0 Å². The third kappa shape index (κ3) is 6.52. The number of aryl methyl sites for hydroxylation is 4. The van der Waals surface area contributed by atoms with Crippen molar-refractivity contribution in [1.29, 1.82) is 0 Å². The first-order valence-corrected chi connectivity index (χ1v) is 7.11. The van der Waals surface area contributed by atoms with E-state index in [1.165, 1.54) is 47.9 Å². The van der Waals surface area contributed by atoms with E-state index in [1.54, 1.807) is 0 Å². The fourth-order valence-corrected chi connectivity index (χ4v) is 2.19. The average molecular weight is 334 g/mol. The van der Waals surface area contributed by atoms with Crippen molar-refractivity contribution in [3.05, 3.63) is 58.7 Å². The Morgan fingerprint density at radius 1 is 0.789 bits per heavy atom. The van der Waals surface area contributed by atoms with Gasteiger partial charge in [0.05, 0.1) is 0 Å². The van der Waals surface area contributed by atoms with E-state index in [1.807, 2.05) is 0 Å². The van der Waals surface area contributed by atoms with Crippen molar-refractivity contribution in [2.45, 2.75) is 53.4 Å². The van der Waals surface area contributed by atoms with E-state index >= 15 is 0 Å². The molecule has 19 heavy (non-hydrogen) atoms. The molecule has 0 aliphatic carbocycles. The van der Waals surface area contributed by atoms with Crippen molar-refractivity contribution in [2.24, 2.45) is 0 Å². The van der Waals surface area contributed by atoms with Gasteiger partial charge in [-0.3, -0.25) is 0 Å². The Morgan fingerprint density at radius 2 is 1.16 bits per heavy atom. The van der Waals surface area contributed by atoms with Crippen LogP contribution in [0, 0.1) is 13.8 Å². The van der Waals surface area contributed by atoms with Crippen LogP contribution < -0.4 is 0 Å². The van der Waals surface area contributed by atoms with Gasteiger partial charge in [0.1, 0.15) is 0 Å². The summed E-state index contributed by atoms with van der Waals surface area (Å²) in [6.45, 7) is 8.77. The zero-order valence-electron chi connectivity index (χ0n) is 12.8. The van der Waals surface area contributed by atoms with Crippen LogP contribution in [0.5, 0.6) is 0 Å². The smallest absolute Gasteiger partial charge is 0.213 e. The maximum absolute atomic E-state index is 2.21. The second kappa shape index (κ2) is 10.4. The molecule has 0 aromatic heterocycles. The van der Waals surface area contributed by atoms with Crippen molar-refractivity contribution >= 4 is 0 Å². The fourth-order valence-electron chi connectivity index (χ4n) is 2.19. The molecule has 0 saturated carbocycles. The molecule has 0 aliphatic rings. The molecule has 0 nitrogen and oxygen atoms in total. The maximum atomic E-state index is 2.21. The van der Waals surface area contributed by atoms with E-state index < -0.39 is 0 Å². The first-order chi connectivity index (χ1) is 8.69. The van der Waals surface area contributed by atoms with Crippen LogP contribution in [0.4, 0.5) is 0 Å². The predicted octanol–water partition coefficient (Wildman–Crippen LogP) is 5.33. The van der Waals surface area contributed by atoms with Crippen molar-refractivity contribution in [1.82, 2.24) is 0 Å². The first kappa shape index (κ1) is 18.6. The van der Waals surface area contributed by atoms with Crippen LogP contribution in [0.15, 0.2) is 36.4 Å². The quantitative estimate of drug-likeness (QED) is 0.663. The topological polar surface area (TPSA) is 0 Å². The Hall–Kier alpha value is -0.417. The van der Waals surface area contributed by atoms with Crippen LogP contribution in [0.2, 0.25) is 0 Å². The zero-order chi connectivity index (χ0) is 13.4. The number of hydrogen-bond acceptors (Lipinski definition) is 0. The molecule has 0 fully saturated rings. The Kier molecular flexibility index (Phi) is 10.2. The Morgan fingerprint density at radius 3 is 1.37 bits per heavy atom. The molecule has 1 heteroatoms.